The molecule has 8 heterocycles. The maximum absolute atomic E-state index is 11.1. The van der Waals surface area contributed by atoms with Gasteiger partial charge in [0.25, 0.3) is 5.56 Å². The molecule has 0 saturated carbocycles. The summed E-state index contributed by atoms with van der Waals surface area (Å²) in [7, 11) is 0. The van der Waals surface area contributed by atoms with Crippen LogP contribution in [-0.2, 0) is 6.42 Å². The van der Waals surface area contributed by atoms with E-state index in [1.807, 2.05) is 152 Å². The number of anilines is 9. The SMILES string of the molecule is N#CCc1ccc(NCCCCNc2nc(-c3ccc(Cl)cc3Cl)nc3ccccc23)nc1.N#Cc1ccc(NCCCCNc2nc(-c3ccc(Cl)cc3Cl)nc3ccccc23)nc1.Nc1ccc(NCCCCNc2nc(-c3ccc(Cl)cc3Cl)nc3ccccc23)nc1.O=c1cc(NCCCCNc2nc(-c3ccc(Cl)cc3Cl)nc3ccccc23)s[nH]1. The first kappa shape index (κ1) is 91.2. The minimum atomic E-state index is -0.0728. The normalized spacial score (nSPS) is 10.8. The molecule has 8 aromatic heterocycles. The first-order chi connectivity index (χ1) is 61.5. The van der Waals surface area contributed by atoms with Crippen molar-refractivity contribution in [2.24, 2.45) is 0 Å². The molecule has 0 unspecified atom stereocenters. The highest BCUT2D eigenvalue weighted by molar-refractivity contribution is 7.10. The second kappa shape index (κ2) is 46.5. The van der Waals surface area contributed by atoms with Crippen molar-refractivity contribution < 1.29 is 0 Å². The predicted molar refractivity (Wildman–Crippen MR) is 521 cm³/mol. The largest absolute Gasteiger partial charge is 0.397 e. The van der Waals surface area contributed by atoms with Crippen LogP contribution in [0.2, 0.25) is 40.2 Å². The number of pyridine rings is 3. The molecule has 0 amide bonds. The van der Waals surface area contributed by atoms with Crippen LogP contribution < -0.4 is 53.8 Å². The highest BCUT2D eigenvalue weighted by Crippen LogP contribution is 2.37. The van der Waals surface area contributed by atoms with Gasteiger partial charge in [0.15, 0.2) is 23.3 Å². The van der Waals surface area contributed by atoms with Crippen molar-refractivity contribution in [2.45, 2.75) is 57.8 Å². The monoisotopic (exact) mass is 1850 g/mol. The molecular weight excluding hydrogens is 1770 g/mol. The van der Waals surface area contributed by atoms with Gasteiger partial charge >= 0.3 is 0 Å². The summed E-state index contributed by atoms with van der Waals surface area (Å²) in [4.78, 5) is 61.6. The van der Waals surface area contributed by atoms with Crippen molar-refractivity contribution in [3.63, 3.8) is 0 Å². The number of H-pyrrole nitrogens is 1. The van der Waals surface area contributed by atoms with Gasteiger partial charge < -0.3 is 48.3 Å². The average molecular weight is 1850 g/mol. The third-order valence-electron chi connectivity index (χ3n) is 19.2. The summed E-state index contributed by atoms with van der Waals surface area (Å²) in [5.41, 5.74) is 14.1. The Labute approximate surface area is 771 Å². The van der Waals surface area contributed by atoms with Crippen molar-refractivity contribution in [1.29, 1.82) is 10.5 Å². The number of nitrogens with two attached hydrogens (primary N) is 1. The molecule has 0 saturated heterocycles. The van der Waals surface area contributed by atoms with Crippen LogP contribution in [0, 0.1) is 22.7 Å². The molecule has 0 aliphatic carbocycles. The van der Waals surface area contributed by atoms with E-state index in [1.165, 1.54) is 11.5 Å². The van der Waals surface area contributed by atoms with Gasteiger partial charge in [-0.2, -0.15) is 10.5 Å². The molecule has 33 heteroatoms. The zero-order valence-electron chi connectivity index (χ0n) is 67.7. The van der Waals surface area contributed by atoms with Gasteiger partial charge in [0, 0.05) is 135 Å². The van der Waals surface area contributed by atoms with Gasteiger partial charge in [-0.25, -0.2) is 54.8 Å². The summed E-state index contributed by atoms with van der Waals surface area (Å²) in [6.45, 7) is 6.30. The van der Waals surface area contributed by atoms with Gasteiger partial charge in [0.05, 0.1) is 72.1 Å². The molecule has 0 aliphatic heterocycles. The first-order valence-corrected chi connectivity index (χ1v) is 44.2. The number of nitrogen functional groups attached to an aromatic ring is 1. The molecule has 0 fully saturated rings. The van der Waals surface area contributed by atoms with Gasteiger partial charge in [-0.15, -0.1) is 0 Å². The minimum Gasteiger partial charge on any atom is -0.397 e. The lowest BCUT2D eigenvalue weighted by atomic mass is 10.1. The molecule has 16 aromatic rings. The average Bonchev–Trinajstić information content (AvgIpc) is 0.859. The molecule has 24 nitrogen and oxygen atoms in total. The Bertz CT molecular complexity index is 6520. The van der Waals surface area contributed by atoms with Crippen molar-refractivity contribution in [1.82, 2.24) is 59.2 Å². The van der Waals surface area contributed by atoms with E-state index in [4.69, 9.17) is 134 Å². The smallest absolute Gasteiger partial charge is 0.260 e. The summed E-state index contributed by atoms with van der Waals surface area (Å²) in [5, 5.41) is 53.5. The number of nitrogens with one attached hydrogen (secondary N) is 9. The fourth-order valence-electron chi connectivity index (χ4n) is 12.9. The fourth-order valence-corrected chi connectivity index (χ4v) is 15.5. The molecule has 16 rings (SSSR count). The Kier molecular flexibility index (Phi) is 33.6. The number of aromatic amines is 1. The van der Waals surface area contributed by atoms with Crippen LogP contribution >= 0.6 is 104 Å². The summed E-state index contributed by atoms with van der Waals surface area (Å²) in [6.07, 6.45) is 13.0. The van der Waals surface area contributed by atoms with Crippen molar-refractivity contribution in [3.8, 4) is 57.7 Å². The molecule has 126 heavy (non-hydrogen) atoms. The Morgan fingerprint density at radius 2 is 0.659 bits per heavy atom. The van der Waals surface area contributed by atoms with Crippen LogP contribution in [0.15, 0.2) is 236 Å². The minimum absolute atomic E-state index is 0.0728. The summed E-state index contributed by atoms with van der Waals surface area (Å²) in [5.74, 6) is 7.78. The number of unbranched alkanes of at least 4 members (excludes halogenated alkanes) is 4. The van der Waals surface area contributed by atoms with Gasteiger partial charge in [-0.3, -0.25) is 9.17 Å². The lowest BCUT2D eigenvalue weighted by molar-refractivity contribution is 0.792. The van der Waals surface area contributed by atoms with Crippen LogP contribution in [0.1, 0.15) is 62.5 Å². The molecule has 0 bridgehead atoms. The van der Waals surface area contributed by atoms with Crippen LogP contribution in [0.25, 0.3) is 89.2 Å². The third-order valence-corrected chi connectivity index (χ3v) is 22.2. The van der Waals surface area contributed by atoms with Gasteiger partial charge in [0.2, 0.25) is 0 Å². The van der Waals surface area contributed by atoms with Gasteiger partial charge in [-0.05, 0) is 220 Å². The fraction of sp³-hybridized carbons (Fsp3) is 0.183. The zero-order chi connectivity index (χ0) is 87.9. The molecule has 638 valence electrons. The van der Waals surface area contributed by atoms with E-state index in [0.29, 0.717) is 81.2 Å². The van der Waals surface area contributed by atoms with E-state index in [9.17, 15) is 4.79 Å². The maximum atomic E-state index is 11.1. The Balaban J connectivity index is 0.000000144. The van der Waals surface area contributed by atoms with Gasteiger partial charge in [-0.1, -0.05) is 147 Å². The molecule has 8 aromatic carbocycles. The number of fused-ring (bicyclic) bond motifs is 4. The highest BCUT2D eigenvalue weighted by Gasteiger charge is 2.19. The number of benzene rings is 8. The molecule has 0 atom stereocenters. The number of aromatic nitrogens is 12. The lowest BCUT2D eigenvalue weighted by Crippen LogP contribution is -2.09. The Morgan fingerprint density at radius 3 is 0.944 bits per heavy atom. The van der Waals surface area contributed by atoms with Crippen LogP contribution in [0.5, 0.6) is 0 Å². The van der Waals surface area contributed by atoms with E-state index >= 15 is 0 Å². The van der Waals surface area contributed by atoms with Crippen molar-refractivity contribution in [3.05, 3.63) is 293 Å². The van der Waals surface area contributed by atoms with Gasteiger partial charge in [0.1, 0.15) is 51.8 Å². The second-order valence-electron chi connectivity index (χ2n) is 28.4. The molecule has 0 spiro atoms. The van der Waals surface area contributed by atoms with Crippen molar-refractivity contribution in [2.75, 3.05) is 101 Å². The quantitative estimate of drug-likeness (QED) is 0.0171. The molecule has 0 aliphatic rings. The van der Waals surface area contributed by atoms with E-state index in [1.54, 1.807) is 79.3 Å². The molecular formula is C93H83Cl8N23OS. The number of nitriles is 2. The number of hydrogen-bond acceptors (Lipinski definition) is 24. The van der Waals surface area contributed by atoms with E-state index < -0.39 is 0 Å². The van der Waals surface area contributed by atoms with Crippen molar-refractivity contribution >= 4 is 199 Å². The van der Waals surface area contributed by atoms with Crippen LogP contribution in [-0.4, -0.2) is 112 Å². The zero-order valence-corrected chi connectivity index (χ0v) is 74.6. The molecule has 0 radical (unpaired) electrons. The third kappa shape index (κ3) is 26.3. The van der Waals surface area contributed by atoms with Crippen LogP contribution in [0.3, 0.4) is 0 Å². The number of rotatable bonds is 33. The molecule has 11 N–H and O–H groups in total. The van der Waals surface area contributed by atoms with Crippen LogP contribution in [0.4, 0.5) is 51.4 Å². The Morgan fingerprint density at radius 1 is 0.341 bits per heavy atom. The second-order valence-corrected chi connectivity index (χ2v) is 32.6. The number of para-hydroxylation sites is 4. The maximum Gasteiger partial charge on any atom is 0.260 e. The first-order valence-electron chi connectivity index (χ1n) is 40.4. The predicted octanol–water partition coefficient (Wildman–Crippen LogP) is 24.1. The van der Waals surface area contributed by atoms with E-state index in [2.05, 4.69) is 89.0 Å². The Hall–Kier alpha value is -12.5. The van der Waals surface area contributed by atoms with E-state index in [0.717, 1.165) is 221 Å². The lowest BCUT2D eigenvalue weighted by Gasteiger charge is -2.12. The highest BCUT2D eigenvalue weighted by atomic mass is 35.5. The standard InChI is InChI=1S/C25H22Cl2N6.C24H20Cl2N6.C23H22Cl2N6.C21H19Cl2N5OS/c26-18-8-9-19(21(27)15-18)25-32-22-6-2-1-5-20(22)24(33-25)30-14-4-3-13-29-23-10-7-17(11-12-28)16-31-23;25-17-8-9-18(20(26)13-17)24-31-21-6-2-1-5-19(21)23(32-24)29-12-4-3-11-28-22-10-7-16(14-27)15-30-22;24-15-7-9-17(19(25)13-15)23-30-20-6-2-1-5-18(20)22(31-23)28-12-4-3-11-27-21-10-8-16(26)14-29-21;22-13-7-8-14(16(23)11-13)21-26-17-6-2-1-5-15(17)20(27-21)25-10-4-3-9-24-19-12-18(29)28-30-19/h1-2,5-10,15-16H,3-4,11,13-14H2,(H,29,31)(H,30,32,33);1-2,5-10,13,15H,3-4,11-12H2,(H,28,30)(H,29,31,32);1-2,5-10,13-14H,3-4,11-12,26H2,(H,27,29)(H,28,30,31);1-2,5-8,11-12,24H,3-4,9-10H2,(H,28,29)(H,25,26,27). The number of nitrogens with zero attached hydrogens (tertiary/aromatic N) is 13. The topological polar surface area (TPSA) is 344 Å². The summed E-state index contributed by atoms with van der Waals surface area (Å²) < 4.78 is 2.67. The number of halogens is 8. The van der Waals surface area contributed by atoms with E-state index in [-0.39, 0.29) is 5.56 Å². The number of hydrogen-bond donors (Lipinski definition) is 10. The summed E-state index contributed by atoms with van der Waals surface area (Å²) >= 11 is 51.0. The summed E-state index contributed by atoms with van der Waals surface area (Å²) in [6, 6.07) is 69.7.